The van der Waals surface area contributed by atoms with E-state index in [1.54, 1.807) is 12.0 Å². The molecule has 0 fully saturated rings. The van der Waals surface area contributed by atoms with Crippen LogP contribution in [0.5, 0.6) is 5.75 Å². The van der Waals surface area contributed by atoms with Gasteiger partial charge in [-0.15, -0.1) is 12.4 Å². The summed E-state index contributed by atoms with van der Waals surface area (Å²) in [4.78, 5) is 18.8. The van der Waals surface area contributed by atoms with E-state index in [0.29, 0.717) is 44.2 Å². The SMILES string of the molecule is COc1ccc(-c2noc(CCC(=O)N(CCN)CCc3ccccc3)n2)cc1.Cl. The lowest BCUT2D eigenvalue weighted by Gasteiger charge is -2.22. The Labute approximate surface area is 182 Å². The number of hydrogen-bond donors (Lipinski definition) is 1. The Morgan fingerprint density at radius 2 is 1.80 bits per heavy atom. The molecule has 1 amide bonds. The van der Waals surface area contributed by atoms with E-state index in [4.69, 9.17) is 15.0 Å². The Kier molecular flexibility index (Phi) is 9.31. The number of nitrogens with two attached hydrogens (primary N) is 1. The van der Waals surface area contributed by atoms with Crippen molar-refractivity contribution in [2.45, 2.75) is 19.3 Å². The predicted octanol–water partition coefficient (Wildman–Crippen LogP) is 3.13. The van der Waals surface area contributed by atoms with E-state index in [1.165, 1.54) is 5.56 Å². The van der Waals surface area contributed by atoms with Gasteiger partial charge in [0.25, 0.3) is 0 Å². The minimum atomic E-state index is 0. The molecule has 3 aromatic rings. The van der Waals surface area contributed by atoms with Crippen LogP contribution in [-0.4, -0.2) is 47.7 Å². The van der Waals surface area contributed by atoms with Crippen molar-refractivity contribution in [2.75, 3.05) is 26.7 Å². The fourth-order valence-electron chi connectivity index (χ4n) is 3.01. The zero-order chi connectivity index (χ0) is 20.5. The van der Waals surface area contributed by atoms with Crippen molar-refractivity contribution >= 4 is 18.3 Å². The van der Waals surface area contributed by atoms with Crippen LogP contribution in [-0.2, 0) is 17.6 Å². The van der Waals surface area contributed by atoms with E-state index in [9.17, 15) is 4.79 Å². The highest BCUT2D eigenvalue weighted by Crippen LogP contribution is 2.20. The van der Waals surface area contributed by atoms with E-state index in [1.807, 2.05) is 42.5 Å². The van der Waals surface area contributed by atoms with E-state index in [-0.39, 0.29) is 18.3 Å². The van der Waals surface area contributed by atoms with Gasteiger partial charge in [0.05, 0.1) is 7.11 Å². The largest absolute Gasteiger partial charge is 0.497 e. The third kappa shape index (κ3) is 6.57. The average Bonchev–Trinajstić information content (AvgIpc) is 3.25. The Morgan fingerprint density at radius 3 is 2.47 bits per heavy atom. The molecule has 1 heterocycles. The molecular formula is C22H27ClN4O3. The van der Waals surface area contributed by atoms with Crippen LogP contribution < -0.4 is 10.5 Å². The van der Waals surface area contributed by atoms with Gasteiger partial charge in [-0.05, 0) is 36.2 Å². The average molecular weight is 431 g/mol. The summed E-state index contributed by atoms with van der Waals surface area (Å²) in [5.41, 5.74) is 7.72. The van der Waals surface area contributed by atoms with Crippen LogP contribution in [0.4, 0.5) is 0 Å². The second kappa shape index (κ2) is 11.9. The maximum atomic E-state index is 12.6. The summed E-state index contributed by atoms with van der Waals surface area (Å²) >= 11 is 0. The van der Waals surface area contributed by atoms with Crippen molar-refractivity contribution in [3.05, 3.63) is 66.1 Å². The summed E-state index contributed by atoms with van der Waals surface area (Å²) in [5, 5.41) is 4.01. The highest BCUT2D eigenvalue weighted by molar-refractivity contribution is 5.85. The van der Waals surface area contributed by atoms with Crippen molar-refractivity contribution in [2.24, 2.45) is 5.73 Å². The minimum absolute atomic E-state index is 0. The number of nitrogens with zero attached hydrogens (tertiary/aromatic N) is 3. The number of hydrogen-bond acceptors (Lipinski definition) is 6. The minimum Gasteiger partial charge on any atom is -0.497 e. The number of halogens is 1. The lowest BCUT2D eigenvalue weighted by molar-refractivity contribution is -0.131. The molecule has 0 saturated heterocycles. The van der Waals surface area contributed by atoms with Crippen LogP contribution >= 0.6 is 12.4 Å². The molecule has 0 radical (unpaired) electrons. The Morgan fingerprint density at radius 1 is 1.07 bits per heavy atom. The molecular weight excluding hydrogens is 404 g/mol. The third-order valence-corrected chi connectivity index (χ3v) is 4.63. The standard InChI is InChI=1S/C22H26N4O3.ClH/c1-28-19-9-7-18(8-10-19)22-24-20(29-25-22)11-12-21(27)26(16-14-23)15-13-17-5-3-2-4-6-17;/h2-10H,11-16,23H2,1H3;1H. The number of methoxy groups -OCH3 is 1. The molecule has 0 aliphatic heterocycles. The molecule has 0 aliphatic carbocycles. The Bertz CT molecular complexity index is 900. The summed E-state index contributed by atoms with van der Waals surface area (Å²) in [7, 11) is 1.62. The quantitative estimate of drug-likeness (QED) is 0.531. The number of aromatic nitrogens is 2. The van der Waals surface area contributed by atoms with E-state index in [0.717, 1.165) is 17.7 Å². The van der Waals surface area contributed by atoms with Crippen LogP contribution in [0, 0.1) is 0 Å². The molecule has 0 unspecified atom stereocenters. The number of carbonyl (C=O) groups is 1. The molecule has 30 heavy (non-hydrogen) atoms. The number of rotatable bonds is 10. The Hall–Kier alpha value is -2.90. The van der Waals surface area contributed by atoms with Crippen LogP contribution in [0.3, 0.4) is 0 Å². The zero-order valence-corrected chi connectivity index (χ0v) is 17.8. The van der Waals surface area contributed by atoms with Gasteiger partial charge in [0, 0.05) is 38.0 Å². The Balaban J connectivity index is 0.00000320. The topological polar surface area (TPSA) is 94.5 Å². The first-order chi connectivity index (χ1) is 14.2. The normalized spacial score (nSPS) is 10.3. The summed E-state index contributed by atoms with van der Waals surface area (Å²) in [6, 6.07) is 17.5. The maximum Gasteiger partial charge on any atom is 0.227 e. The van der Waals surface area contributed by atoms with Crippen molar-refractivity contribution in [3.63, 3.8) is 0 Å². The highest BCUT2D eigenvalue weighted by Gasteiger charge is 2.15. The van der Waals surface area contributed by atoms with E-state index >= 15 is 0 Å². The zero-order valence-electron chi connectivity index (χ0n) is 17.0. The fraction of sp³-hybridized carbons (Fsp3) is 0.318. The van der Waals surface area contributed by atoms with Crippen molar-refractivity contribution in [1.82, 2.24) is 15.0 Å². The number of ether oxygens (including phenoxy) is 1. The fourth-order valence-corrected chi connectivity index (χ4v) is 3.01. The van der Waals surface area contributed by atoms with Gasteiger partial charge in [-0.25, -0.2) is 0 Å². The van der Waals surface area contributed by atoms with Gasteiger partial charge in [-0.3, -0.25) is 4.79 Å². The third-order valence-electron chi connectivity index (χ3n) is 4.63. The van der Waals surface area contributed by atoms with E-state index < -0.39 is 0 Å². The highest BCUT2D eigenvalue weighted by atomic mass is 35.5. The molecule has 1 aromatic heterocycles. The first kappa shape index (κ1) is 23.4. The molecule has 7 nitrogen and oxygen atoms in total. The lowest BCUT2D eigenvalue weighted by Crippen LogP contribution is -2.37. The molecule has 2 N–H and O–H groups in total. The van der Waals surface area contributed by atoms with Gasteiger partial charge in [0.1, 0.15) is 5.75 Å². The van der Waals surface area contributed by atoms with Crippen molar-refractivity contribution < 1.29 is 14.1 Å². The maximum absolute atomic E-state index is 12.6. The number of amides is 1. The monoisotopic (exact) mass is 430 g/mol. The van der Waals surface area contributed by atoms with Crippen LogP contribution in [0.2, 0.25) is 0 Å². The molecule has 160 valence electrons. The first-order valence-corrected chi connectivity index (χ1v) is 9.68. The first-order valence-electron chi connectivity index (χ1n) is 9.68. The summed E-state index contributed by atoms with van der Waals surface area (Å²) in [6.07, 6.45) is 1.50. The summed E-state index contributed by atoms with van der Waals surface area (Å²) < 4.78 is 10.5. The van der Waals surface area contributed by atoms with Crippen LogP contribution in [0.1, 0.15) is 17.9 Å². The molecule has 0 spiro atoms. The van der Waals surface area contributed by atoms with Gasteiger partial charge in [-0.2, -0.15) is 4.98 Å². The summed E-state index contributed by atoms with van der Waals surface area (Å²) in [6.45, 7) is 1.61. The molecule has 0 bridgehead atoms. The van der Waals surface area contributed by atoms with Crippen molar-refractivity contribution in [1.29, 1.82) is 0 Å². The van der Waals surface area contributed by atoms with Crippen molar-refractivity contribution in [3.8, 4) is 17.1 Å². The van der Waals surface area contributed by atoms with Gasteiger partial charge >= 0.3 is 0 Å². The van der Waals surface area contributed by atoms with Gasteiger partial charge in [0.15, 0.2) is 0 Å². The molecule has 0 saturated carbocycles. The van der Waals surface area contributed by atoms with Gasteiger partial charge in [0.2, 0.25) is 17.6 Å². The summed E-state index contributed by atoms with van der Waals surface area (Å²) in [5.74, 6) is 1.74. The second-order valence-electron chi connectivity index (χ2n) is 6.65. The van der Waals surface area contributed by atoms with Crippen LogP contribution in [0.25, 0.3) is 11.4 Å². The molecule has 0 aliphatic rings. The van der Waals surface area contributed by atoms with Gasteiger partial charge in [-0.1, -0.05) is 35.5 Å². The number of aryl methyl sites for hydroxylation is 1. The van der Waals surface area contributed by atoms with Crippen LogP contribution in [0.15, 0.2) is 59.1 Å². The predicted molar refractivity (Wildman–Crippen MR) is 118 cm³/mol. The molecule has 2 aromatic carbocycles. The number of benzene rings is 2. The molecule has 0 atom stereocenters. The van der Waals surface area contributed by atoms with E-state index in [2.05, 4.69) is 22.3 Å². The lowest BCUT2D eigenvalue weighted by atomic mass is 10.1. The second-order valence-corrected chi connectivity index (χ2v) is 6.65. The molecule has 3 rings (SSSR count). The number of carbonyl (C=O) groups excluding carboxylic acids is 1. The molecule has 8 heteroatoms. The van der Waals surface area contributed by atoms with Gasteiger partial charge < -0.3 is 19.9 Å². The smallest absolute Gasteiger partial charge is 0.227 e.